The highest BCUT2D eigenvalue weighted by atomic mass is 15.3. The molecule has 3 fully saturated rings. The van der Waals surface area contributed by atoms with Crippen molar-refractivity contribution in [3.63, 3.8) is 0 Å². The van der Waals surface area contributed by atoms with Crippen LogP contribution in [0.4, 0.5) is 0 Å². The van der Waals surface area contributed by atoms with Crippen LogP contribution < -0.4 is 5.73 Å². The van der Waals surface area contributed by atoms with Crippen molar-refractivity contribution in [1.29, 1.82) is 0 Å². The molecule has 0 amide bonds. The van der Waals surface area contributed by atoms with Crippen LogP contribution in [0.1, 0.15) is 45.4 Å². The standard InChI is InChI=1S/C16H31N3/c1-13-11-18(2)8-9-19(13)16(12-17)7-3-4-15(10-16)14-5-6-14/h13-15H,3-12,17H2,1-2H3. The molecule has 110 valence electrons. The summed E-state index contributed by atoms with van der Waals surface area (Å²) in [6.45, 7) is 6.89. The lowest BCUT2D eigenvalue weighted by atomic mass is 9.72. The first-order chi connectivity index (χ1) is 9.14. The SMILES string of the molecule is CC1CN(C)CCN1C1(CN)CCCC(C2CC2)C1. The van der Waals surface area contributed by atoms with Gasteiger partial charge >= 0.3 is 0 Å². The van der Waals surface area contributed by atoms with E-state index in [4.69, 9.17) is 5.73 Å². The molecule has 0 aromatic carbocycles. The van der Waals surface area contributed by atoms with Crippen LogP contribution in [-0.4, -0.2) is 54.6 Å². The third-order valence-electron chi connectivity index (χ3n) is 5.97. The largest absolute Gasteiger partial charge is 0.329 e. The summed E-state index contributed by atoms with van der Waals surface area (Å²) in [5.41, 5.74) is 6.62. The minimum absolute atomic E-state index is 0.326. The Kier molecular flexibility index (Phi) is 3.89. The lowest BCUT2D eigenvalue weighted by Crippen LogP contribution is -2.64. The van der Waals surface area contributed by atoms with Crippen molar-refractivity contribution in [1.82, 2.24) is 9.80 Å². The van der Waals surface area contributed by atoms with Crippen LogP contribution in [0.3, 0.4) is 0 Å². The van der Waals surface area contributed by atoms with Gasteiger partial charge in [-0.1, -0.05) is 12.8 Å². The van der Waals surface area contributed by atoms with Gasteiger partial charge in [0.1, 0.15) is 0 Å². The second-order valence-corrected chi connectivity index (χ2v) is 7.43. The molecular weight excluding hydrogens is 234 g/mol. The summed E-state index contributed by atoms with van der Waals surface area (Å²) in [7, 11) is 2.25. The Morgan fingerprint density at radius 2 is 1.95 bits per heavy atom. The van der Waals surface area contributed by atoms with E-state index in [1.807, 2.05) is 0 Å². The van der Waals surface area contributed by atoms with E-state index >= 15 is 0 Å². The monoisotopic (exact) mass is 265 g/mol. The van der Waals surface area contributed by atoms with E-state index in [1.54, 1.807) is 0 Å². The molecule has 2 N–H and O–H groups in total. The Labute approximate surface area is 118 Å². The molecule has 3 rings (SSSR count). The van der Waals surface area contributed by atoms with Crippen LogP contribution in [0.5, 0.6) is 0 Å². The van der Waals surface area contributed by atoms with Gasteiger partial charge < -0.3 is 10.6 Å². The number of hydrogen-bond donors (Lipinski definition) is 1. The van der Waals surface area contributed by atoms with E-state index in [0.29, 0.717) is 11.6 Å². The van der Waals surface area contributed by atoms with Crippen LogP contribution in [0.25, 0.3) is 0 Å². The van der Waals surface area contributed by atoms with Crippen molar-refractivity contribution in [3.8, 4) is 0 Å². The topological polar surface area (TPSA) is 32.5 Å². The zero-order valence-corrected chi connectivity index (χ0v) is 12.8. The number of piperazine rings is 1. The molecule has 0 spiro atoms. The third kappa shape index (κ3) is 2.70. The highest BCUT2D eigenvalue weighted by Crippen LogP contribution is 2.48. The van der Waals surface area contributed by atoms with Crippen molar-refractivity contribution in [3.05, 3.63) is 0 Å². The van der Waals surface area contributed by atoms with E-state index in [1.165, 1.54) is 58.2 Å². The van der Waals surface area contributed by atoms with Crippen molar-refractivity contribution in [2.75, 3.05) is 33.2 Å². The maximum Gasteiger partial charge on any atom is 0.0338 e. The van der Waals surface area contributed by atoms with Gasteiger partial charge in [-0.25, -0.2) is 0 Å². The number of nitrogens with zero attached hydrogens (tertiary/aromatic N) is 2. The molecule has 0 aromatic heterocycles. The average Bonchev–Trinajstić information content (AvgIpc) is 3.23. The van der Waals surface area contributed by atoms with Gasteiger partial charge in [0.2, 0.25) is 0 Å². The fourth-order valence-electron chi connectivity index (χ4n) is 4.76. The number of nitrogens with two attached hydrogens (primary N) is 1. The van der Waals surface area contributed by atoms with Crippen LogP contribution in [0.2, 0.25) is 0 Å². The van der Waals surface area contributed by atoms with Gasteiger partial charge in [0, 0.05) is 37.8 Å². The molecule has 1 saturated heterocycles. The van der Waals surface area contributed by atoms with E-state index in [9.17, 15) is 0 Å². The third-order valence-corrected chi connectivity index (χ3v) is 5.97. The molecule has 19 heavy (non-hydrogen) atoms. The van der Waals surface area contributed by atoms with E-state index in [0.717, 1.165) is 18.4 Å². The maximum atomic E-state index is 6.29. The van der Waals surface area contributed by atoms with Gasteiger partial charge in [0.25, 0.3) is 0 Å². The van der Waals surface area contributed by atoms with Crippen molar-refractivity contribution >= 4 is 0 Å². The lowest BCUT2D eigenvalue weighted by molar-refractivity contribution is -0.0316. The van der Waals surface area contributed by atoms with E-state index in [-0.39, 0.29) is 0 Å². The smallest absolute Gasteiger partial charge is 0.0338 e. The molecule has 3 atom stereocenters. The summed E-state index contributed by atoms with van der Waals surface area (Å²) >= 11 is 0. The Morgan fingerprint density at radius 1 is 1.16 bits per heavy atom. The Balaban J connectivity index is 1.73. The molecule has 1 heterocycles. The second kappa shape index (κ2) is 5.34. The van der Waals surface area contributed by atoms with Gasteiger partial charge in [0.15, 0.2) is 0 Å². The van der Waals surface area contributed by atoms with Crippen LogP contribution in [0.15, 0.2) is 0 Å². The first kappa shape index (κ1) is 13.8. The first-order valence-electron chi connectivity index (χ1n) is 8.30. The molecule has 2 aliphatic carbocycles. The molecule has 2 saturated carbocycles. The fraction of sp³-hybridized carbons (Fsp3) is 1.00. The van der Waals surface area contributed by atoms with E-state index < -0.39 is 0 Å². The van der Waals surface area contributed by atoms with Crippen LogP contribution in [0, 0.1) is 11.8 Å². The molecule has 3 aliphatic rings. The van der Waals surface area contributed by atoms with E-state index in [2.05, 4.69) is 23.8 Å². The lowest BCUT2D eigenvalue weighted by Gasteiger charge is -2.53. The summed E-state index contributed by atoms with van der Waals surface area (Å²) in [5.74, 6) is 2.03. The minimum atomic E-state index is 0.326. The van der Waals surface area contributed by atoms with Gasteiger partial charge in [0.05, 0.1) is 0 Å². The number of hydrogen-bond acceptors (Lipinski definition) is 3. The first-order valence-corrected chi connectivity index (χ1v) is 8.30. The summed E-state index contributed by atoms with van der Waals surface area (Å²) in [6, 6.07) is 0.667. The highest BCUT2D eigenvalue weighted by molar-refractivity contribution is 5.02. The number of likely N-dealkylation sites (N-methyl/N-ethyl adjacent to an activating group) is 1. The van der Waals surface area contributed by atoms with Gasteiger partial charge in [-0.2, -0.15) is 0 Å². The Hall–Kier alpha value is -0.120. The fourth-order valence-corrected chi connectivity index (χ4v) is 4.76. The summed E-state index contributed by atoms with van der Waals surface area (Å²) in [4.78, 5) is 5.24. The van der Waals surface area contributed by atoms with Gasteiger partial charge in [-0.3, -0.25) is 4.90 Å². The van der Waals surface area contributed by atoms with Gasteiger partial charge in [-0.05, 0) is 51.5 Å². The summed E-state index contributed by atoms with van der Waals surface area (Å²) < 4.78 is 0. The molecule has 3 heteroatoms. The molecule has 1 aliphatic heterocycles. The molecule has 3 nitrogen and oxygen atoms in total. The van der Waals surface area contributed by atoms with Gasteiger partial charge in [-0.15, -0.1) is 0 Å². The Bertz CT molecular complexity index is 315. The van der Waals surface area contributed by atoms with Crippen molar-refractivity contribution in [2.24, 2.45) is 17.6 Å². The minimum Gasteiger partial charge on any atom is -0.329 e. The summed E-state index contributed by atoms with van der Waals surface area (Å²) in [5, 5.41) is 0. The molecule has 3 unspecified atom stereocenters. The maximum absolute atomic E-state index is 6.29. The number of rotatable bonds is 3. The predicted molar refractivity (Wildman–Crippen MR) is 80.1 cm³/mol. The zero-order valence-electron chi connectivity index (χ0n) is 12.8. The predicted octanol–water partition coefficient (Wildman–Crippen LogP) is 1.92. The van der Waals surface area contributed by atoms with Crippen LogP contribution in [-0.2, 0) is 0 Å². The summed E-state index contributed by atoms with van der Waals surface area (Å²) in [6.07, 6.45) is 8.56. The molecule has 0 radical (unpaired) electrons. The molecular formula is C16H31N3. The normalized spacial score (nSPS) is 42.5. The Morgan fingerprint density at radius 3 is 2.58 bits per heavy atom. The van der Waals surface area contributed by atoms with Crippen LogP contribution >= 0.6 is 0 Å². The quantitative estimate of drug-likeness (QED) is 0.846. The zero-order chi connectivity index (χ0) is 13.5. The second-order valence-electron chi connectivity index (χ2n) is 7.43. The highest BCUT2D eigenvalue weighted by Gasteiger charge is 2.46. The molecule has 0 aromatic rings. The van der Waals surface area contributed by atoms with Crippen molar-refractivity contribution in [2.45, 2.75) is 57.0 Å². The average molecular weight is 265 g/mol. The molecule has 0 bridgehead atoms. The van der Waals surface area contributed by atoms with Crippen molar-refractivity contribution < 1.29 is 0 Å².